The summed E-state index contributed by atoms with van der Waals surface area (Å²) in [6.07, 6.45) is 1.42. The maximum atomic E-state index is 13.4. The Balaban J connectivity index is 1.32. The van der Waals surface area contributed by atoms with Gasteiger partial charge in [-0.1, -0.05) is 62.2 Å². The highest BCUT2D eigenvalue weighted by atomic mass is 79.9. The molecule has 1 fully saturated rings. The number of amides is 4. The van der Waals surface area contributed by atoms with E-state index in [1.165, 1.54) is 6.08 Å². The van der Waals surface area contributed by atoms with Crippen LogP contribution in [-0.2, 0) is 22.8 Å². The minimum absolute atomic E-state index is 0.193. The summed E-state index contributed by atoms with van der Waals surface area (Å²) >= 11 is 6.83. The van der Waals surface area contributed by atoms with Gasteiger partial charge in [0.15, 0.2) is 11.5 Å². The van der Waals surface area contributed by atoms with Crippen molar-refractivity contribution >= 4 is 61.5 Å². The Morgan fingerprint density at radius 1 is 0.721 bits per heavy atom. The number of rotatable bonds is 10. The Labute approximate surface area is 265 Å². The molecule has 0 unspecified atom stereocenters. The lowest BCUT2D eigenvalue weighted by molar-refractivity contribution is -0.122. The number of hydrogen-bond donors (Lipinski definition) is 1. The Bertz CT molecular complexity index is 1670. The van der Waals surface area contributed by atoms with Crippen molar-refractivity contribution in [3.8, 4) is 17.2 Å². The van der Waals surface area contributed by atoms with Gasteiger partial charge in [-0.3, -0.25) is 14.9 Å². The fourth-order valence-corrected chi connectivity index (χ4v) is 4.77. The minimum Gasteiger partial charge on any atom is -0.490 e. The van der Waals surface area contributed by atoms with E-state index in [1.54, 1.807) is 42.5 Å². The molecule has 0 aromatic heterocycles. The van der Waals surface area contributed by atoms with Crippen molar-refractivity contribution in [1.82, 2.24) is 5.32 Å². The first-order valence-corrected chi connectivity index (χ1v) is 14.9. The van der Waals surface area contributed by atoms with E-state index in [-0.39, 0.29) is 5.57 Å². The Hall–Kier alpha value is -4.41. The fraction of sp³-hybridized carbons (Fsp3) is 0.121. The first kappa shape index (κ1) is 30.1. The van der Waals surface area contributed by atoms with Gasteiger partial charge in [-0.2, -0.15) is 0 Å². The number of anilines is 1. The molecule has 1 aliphatic heterocycles. The molecule has 0 saturated carbocycles. The number of urea groups is 1. The molecule has 0 spiro atoms. The van der Waals surface area contributed by atoms with E-state index in [9.17, 15) is 14.4 Å². The van der Waals surface area contributed by atoms with Gasteiger partial charge in [0.1, 0.15) is 24.5 Å². The fourth-order valence-electron chi connectivity index (χ4n) is 4.24. The lowest BCUT2D eigenvalue weighted by Crippen LogP contribution is -2.54. The first-order valence-electron chi connectivity index (χ1n) is 13.3. The summed E-state index contributed by atoms with van der Waals surface area (Å²) in [6.45, 7) is 2.93. The summed E-state index contributed by atoms with van der Waals surface area (Å²) in [5, 5.41) is 2.25. The van der Waals surface area contributed by atoms with Crippen LogP contribution in [0, 0.1) is 0 Å². The van der Waals surface area contributed by atoms with E-state index in [0.717, 1.165) is 25.0 Å². The zero-order chi connectivity index (χ0) is 30.3. The summed E-state index contributed by atoms with van der Waals surface area (Å²) < 4.78 is 19.5. The third-order valence-corrected chi connectivity index (χ3v) is 7.46. The molecule has 1 aliphatic rings. The first-order chi connectivity index (χ1) is 20.8. The van der Waals surface area contributed by atoms with Crippen LogP contribution in [0.4, 0.5) is 10.5 Å². The zero-order valence-electron chi connectivity index (χ0n) is 23.0. The molecule has 1 heterocycles. The predicted octanol–water partition coefficient (Wildman–Crippen LogP) is 7.43. The van der Waals surface area contributed by atoms with Gasteiger partial charge in [-0.15, -0.1) is 0 Å². The molecule has 4 amide bonds. The second kappa shape index (κ2) is 13.7. The molecule has 4 aromatic carbocycles. The Morgan fingerprint density at radius 3 is 1.93 bits per heavy atom. The smallest absolute Gasteiger partial charge is 0.335 e. The number of barbiturate groups is 1. The molecule has 43 heavy (non-hydrogen) atoms. The lowest BCUT2D eigenvalue weighted by atomic mass is 10.1. The summed E-state index contributed by atoms with van der Waals surface area (Å²) in [7, 11) is 0. The molecule has 5 rings (SSSR count). The molecule has 0 bridgehead atoms. The average molecular weight is 706 g/mol. The number of hydrogen-bond acceptors (Lipinski definition) is 6. The normalized spacial score (nSPS) is 14.1. The number of benzene rings is 4. The highest BCUT2D eigenvalue weighted by Crippen LogP contribution is 2.31. The van der Waals surface area contributed by atoms with Crippen molar-refractivity contribution in [2.75, 3.05) is 11.5 Å². The van der Waals surface area contributed by atoms with Crippen LogP contribution in [0.25, 0.3) is 6.08 Å². The van der Waals surface area contributed by atoms with Gasteiger partial charge >= 0.3 is 6.03 Å². The van der Waals surface area contributed by atoms with Crippen molar-refractivity contribution in [1.29, 1.82) is 0 Å². The molecular formula is C33H26Br2N2O6. The van der Waals surface area contributed by atoms with Crippen molar-refractivity contribution in [3.05, 3.63) is 122 Å². The number of nitrogens with zero attached hydrogens (tertiary/aromatic N) is 1. The van der Waals surface area contributed by atoms with Crippen LogP contribution in [0.3, 0.4) is 0 Å². The molecule has 218 valence electrons. The molecule has 0 aliphatic carbocycles. The summed E-state index contributed by atoms with van der Waals surface area (Å²) in [4.78, 5) is 39.8. The van der Waals surface area contributed by atoms with Crippen LogP contribution in [-0.4, -0.2) is 24.5 Å². The Morgan fingerprint density at radius 2 is 1.33 bits per heavy atom. The van der Waals surface area contributed by atoms with Crippen molar-refractivity contribution < 1.29 is 28.6 Å². The van der Waals surface area contributed by atoms with E-state index >= 15 is 0 Å². The number of nitrogens with one attached hydrogen (secondary N) is 1. The average Bonchev–Trinajstić information content (AvgIpc) is 3.00. The van der Waals surface area contributed by atoms with Gasteiger partial charge in [-0.25, -0.2) is 9.69 Å². The van der Waals surface area contributed by atoms with Gasteiger partial charge in [0, 0.05) is 8.95 Å². The molecule has 0 radical (unpaired) electrons. The zero-order valence-corrected chi connectivity index (χ0v) is 26.2. The molecule has 1 saturated heterocycles. The van der Waals surface area contributed by atoms with Gasteiger partial charge in [0.25, 0.3) is 11.8 Å². The minimum atomic E-state index is -0.831. The third kappa shape index (κ3) is 7.52. The van der Waals surface area contributed by atoms with Gasteiger partial charge in [-0.05, 0) is 90.4 Å². The molecule has 10 heteroatoms. The highest BCUT2D eigenvalue weighted by Gasteiger charge is 2.36. The van der Waals surface area contributed by atoms with Crippen LogP contribution in [0.15, 0.2) is 106 Å². The lowest BCUT2D eigenvalue weighted by Gasteiger charge is -2.26. The van der Waals surface area contributed by atoms with Crippen molar-refractivity contribution in [2.24, 2.45) is 0 Å². The Kier molecular flexibility index (Phi) is 9.58. The SMILES string of the molecule is CCOc1cc(/C=C2\C(=O)NC(=O)N(c3ccc(OCc4ccc(Br)cc4)cc3)C2=O)ccc1OCc1ccc(Br)cc1. The number of imide groups is 2. The van der Waals surface area contributed by atoms with Crippen LogP contribution >= 0.6 is 31.9 Å². The maximum absolute atomic E-state index is 13.4. The number of halogens is 2. The molecule has 0 atom stereocenters. The number of carbonyl (C=O) groups is 3. The standard InChI is InChI=1S/C33H26Br2N2O6/c1-2-41-30-18-23(7-16-29(30)43-20-22-5-10-25(35)11-6-22)17-28-31(38)36-33(40)37(32(28)39)26-12-14-27(15-13-26)42-19-21-3-8-24(34)9-4-21/h3-18H,2,19-20H2,1H3,(H,36,38,40)/b28-17+. The second-order valence-corrected chi connectivity index (χ2v) is 11.3. The predicted molar refractivity (Wildman–Crippen MR) is 170 cm³/mol. The van der Waals surface area contributed by atoms with Crippen molar-refractivity contribution in [3.63, 3.8) is 0 Å². The quantitative estimate of drug-likeness (QED) is 0.136. The van der Waals surface area contributed by atoms with Gasteiger partial charge in [0.05, 0.1) is 12.3 Å². The summed E-state index contributed by atoms with van der Waals surface area (Å²) in [6, 6.07) is 26.3. The molecule has 4 aromatic rings. The van der Waals surface area contributed by atoms with Crippen LogP contribution in [0.2, 0.25) is 0 Å². The maximum Gasteiger partial charge on any atom is 0.335 e. The van der Waals surface area contributed by atoms with Gasteiger partial charge < -0.3 is 14.2 Å². The summed E-state index contributed by atoms with van der Waals surface area (Å²) in [5.74, 6) is 0.0178. The number of carbonyl (C=O) groups excluding carboxylic acids is 3. The number of ether oxygens (including phenoxy) is 3. The topological polar surface area (TPSA) is 94.2 Å². The van der Waals surface area contributed by atoms with E-state index in [2.05, 4.69) is 37.2 Å². The molecular weight excluding hydrogens is 680 g/mol. The monoisotopic (exact) mass is 704 g/mol. The molecule has 8 nitrogen and oxygen atoms in total. The van der Waals surface area contributed by atoms with E-state index in [1.807, 2.05) is 55.5 Å². The van der Waals surface area contributed by atoms with E-state index < -0.39 is 17.8 Å². The highest BCUT2D eigenvalue weighted by molar-refractivity contribution is 9.10. The molecule has 1 N–H and O–H groups in total. The van der Waals surface area contributed by atoms with Crippen LogP contribution in [0.5, 0.6) is 17.2 Å². The second-order valence-electron chi connectivity index (χ2n) is 9.42. The van der Waals surface area contributed by atoms with Crippen LogP contribution < -0.4 is 24.4 Å². The van der Waals surface area contributed by atoms with E-state index in [4.69, 9.17) is 14.2 Å². The largest absolute Gasteiger partial charge is 0.490 e. The van der Waals surface area contributed by atoms with Crippen LogP contribution in [0.1, 0.15) is 23.6 Å². The van der Waals surface area contributed by atoms with Crippen molar-refractivity contribution in [2.45, 2.75) is 20.1 Å². The van der Waals surface area contributed by atoms with E-state index in [0.29, 0.717) is 48.3 Å². The summed E-state index contributed by atoms with van der Waals surface area (Å²) in [5.41, 5.74) is 2.60. The third-order valence-electron chi connectivity index (χ3n) is 6.40. The van der Waals surface area contributed by atoms with Gasteiger partial charge in [0.2, 0.25) is 0 Å².